The van der Waals surface area contributed by atoms with Gasteiger partial charge in [0.05, 0.1) is 19.8 Å². The molecule has 0 radical (unpaired) electrons. The molecule has 0 aromatic carbocycles. The summed E-state index contributed by atoms with van der Waals surface area (Å²) in [6.45, 7) is -0.0221. The molecule has 96 valence electrons. The Morgan fingerprint density at radius 2 is 2.18 bits per heavy atom. The summed E-state index contributed by atoms with van der Waals surface area (Å²) in [4.78, 5) is 34.6. The van der Waals surface area contributed by atoms with Gasteiger partial charge in [0.1, 0.15) is 6.04 Å². The summed E-state index contributed by atoms with van der Waals surface area (Å²) < 4.78 is 4.56. The van der Waals surface area contributed by atoms with Crippen LogP contribution in [0.2, 0.25) is 0 Å². The molecule has 1 fully saturated rings. The van der Waals surface area contributed by atoms with Gasteiger partial charge in [-0.15, -0.1) is 0 Å². The number of nitrogens with two attached hydrogens (primary N) is 1. The van der Waals surface area contributed by atoms with Crippen LogP contribution in [0.25, 0.3) is 0 Å². The van der Waals surface area contributed by atoms with Gasteiger partial charge in [-0.2, -0.15) is 0 Å². The number of β-amino-alcohol motifs (C(OH)–C–C–N with tert-alkyl or cyclic N) is 1. The molecule has 0 bridgehead atoms. The molecule has 3 amide bonds. The number of esters is 1. The summed E-state index contributed by atoms with van der Waals surface area (Å²) >= 11 is 0. The molecule has 0 aromatic heterocycles. The van der Waals surface area contributed by atoms with Gasteiger partial charge in [-0.25, -0.2) is 4.79 Å². The first-order valence-corrected chi connectivity index (χ1v) is 5.03. The van der Waals surface area contributed by atoms with Crippen molar-refractivity contribution in [3.05, 3.63) is 0 Å². The van der Waals surface area contributed by atoms with Gasteiger partial charge < -0.3 is 15.6 Å². The molecular weight excluding hydrogens is 230 g/mol. The molecule has 8 nitrogen and oxygen atoms in total. The Morgan fingerprint density at radius 1 is 1.53 bits per heavy atom. The fourth-order valence-corrected chi connectivity index (χ4v) is 1.80. The third-order valence-electron chi connectivity index (χ3n) is 2.46. The third-order valence-corrected chi connectivity index (χ3v) is 2.46. The molecule has 1 aliphatic heterocycles. The third kappa shape index (κ3) is 3.68. The smallest absolute Gasteiger partial charge is 0.323 e. The van der Waals surface area contributed by atoms with Crippen LogP contribution >= 0.6 is 0 Å². The Bertz CT molecular complexity index is 333. The Morgan fingerprint density at radius 3 is 2.71 bits per heavy atom. The number of hydrogen-bond donors (Lipinski definition) is 3. The van der Waals surface area contributed by atoms with Crippen molar-refractivity contribution in [2.24, 2.45) is 5.73 Å². The number of likely N-dealkylation sites (tertiary alicyclic amines) is 1. The predicted molar refractivity (Wildman–Crippen MR) is 55.7 cm³/mol. The maximum absolute atomic E-state index is 11.4. The van der Waals surface area contributed by atoms with E-state index in [-0.39, 0.29) is 19.5 Å². The lowest BCUT2D eigenvalue weighted by Gasteiger charge is -2.20. The average molecular weight is 245 g/mol. The van der Waals surface area contributed by atoms with Crippen LogP contribution in [-0.2, 0) is 14.3 Å². The number of ether oxygens (including phenoxy) is 1. The van der Waals surface area contributed by atoms with Crippen LogP contribution in [0.3, 0.4) is 0 Å². The van der Waals surface area contributed by atoms with Crippen molar-refractivity contribution < 1.29 is 24.2 Å². The summed E-state index contributed by atoms with van der Waals surface area (Å²) in [7, 11) is 1.23. The zero-order valence-corrected chi connectivity index (χ0v) is 9.38. The monoisotopic (exact) mass is 245 g/mol. The minimum atomic E-state index is -0.954. The van der Waals surface area contributed by atoms with Crippen molar-refractivity contribution in [2.45, 2.75) is 18.6 Å². The van der Waals surface area contributed by atoms with E-state index in [4.69, 9.17) is 5.73 Å². The topological polar surface area (TPSA) is 122 Å². The number of carbonyl (C=O) groups is 3. The number of rotatable bonds is 3. The lowest BCUT2D eigenvalue weighted by molar-refractivity contribution is -0.146. The number of amides is 3. The second kappa shape index (κ2) is 5.60. The van der Waals surface area contributed by atoms with E-state index in [9.17, 15) is 19.5 Å². The number of imide groups is 1. The number of nitrogens with one attached hydrogen (secondary N) is 1. The molecule has 8 heteroatoms. The molecule has 0 spiro atoms. The number of aliphatic hydroxyl groups excluding tert-OH is 1. The molecule has 1 aliphatic rings. The molecule has 17 heavy (non-hydrogen) atoms. The van der Waals surface area contributed by atoms with Gasteiger partial charge in [0, 0.05) is 13.0 Å². The molecule has 1 rings (SSSR count). The Labute approximate surface area is 97.7 Å². The first-order chi connectivity index (χ1) is 7.93. The molecule has 0 saturated carbocycles. The van der Waals surface area contributed by atoms with Gasteiger partial charge in [0.25, 0.3) is 0 Å². The minimum Gasteiger partial charge on any atom is -0.468 e. The fourth-order valence-electron chi connectivity index (χ4n) is 1.80. The number of carbonyl (C=O) groups excluding carboxylic acids is 3. The van der Waals surface area contributed by atoms with Crippen molar-refractivity contribution >= 4 is 17.9 Å². The Kier molecular flexibility index (Phi) is 4.41. The molecule has 2 unspecified atom stereocenters. The van der Waals surface area contributed by atoms with E-state index in [0.717, 1.165) is 0 Å². The highest BCUT2D eigenvalue weighted by atomic mass is 16.5. The fraction of sp³-hybridized carbons (Fsp3) is 0.667. The van der Waals surface area contributed by atoms with Crippen molar-refractivity contribution in [3.63, 3.8) is 0 Å². The van der Waals surface area contributed by atoms with Crippen molar-refractivity contribution in [2.75, 3.05) is 20.2 Å². The number of aliphatic hydroxyl groups is 1. The van der Waals surface area contributed by atoms with E-state index in [1.807, 2.05) is 5.32 Å². The normalized spacial score (nSPS) is 24.4. The highest BCUT2D eigenvalue weighted by molar-refractivity contribution is 5.94. The van der Waals surface area contributed by atoms with Crippen LogP contribution in [-0.4, -0.2) is 60.3 Å². The van der Waals surface area contributed by atoms with Crippen molar-refractivity contribution in [1.82, 2.24) is 10.2 Å². The molecular formula is C9H15N3O5. The maximum Gasteiger partial charge on any atom is 0.323 e. The van der Waals surface area contributed by atoms with E-state index in [0.29, 0.717) is 0 Å². The SMILES string of the molecule is COC(=O)C1CC(O)CN1CC(=O)NC(N)=O. The van der Waals surface area contributed by atoms with Crippen LogP contribution in [0.1, 0.15) is 6.42 Å². The predicted octanol–water partition coefficient (Wildman–Crippen LogP) is -2.21. The molecule has 2 atom stereocenters. The number of urea groups is 1. The summed E-state index contributed by atoms with van der Waals surface area (Å²) in [5.74, 6) is -1.14. The van der Waals surface area contributed by atoms with Gasteiger partial charge in [0.2, 0.25) is 5.91 Å². The first-order valence-electron chi connectivity index (χ1n) is 5.03. The molecule has 4 N–H and O–H groups in total. The van der Waals surface area contributed by atoms with Gasteiger partial charge in [-0.1, -0.05) is 0 Å². The van der Waals surface area contributed by atoms with Gasteiger partial charge in [-0.3, -0.25) is 19.8 Å². The quantitative estimate of drug-likeness (QED) is 0.484. The summed E-state index contributed by atoms with van der Waals surface area (Å²) in [6.07, 6.45) is -0.489. The van der Waals surface area contributed by atoms with Crippen LogP contribution in [0.15, 0.2) is 0 Å². The van der Waals surface area contributed by atoms with Gasteiger partial charge in [0.15, 0.2) is 0 Å². The average Bonchev–Trinajstić information content (AvgIpc) is 2.57. The molecule has 0 aromatic rings. The second-order valence-corrected chi connectivity index (χ2v) is 3.77. The highest BCUT2D eigenvalue weighted by Gasteiger charge is 2.37. The highest BCUT2D eigenvalue weighted by Crippen LogP contribution is 2.18. The number of methoxy groups -OCH3 is 1. The molecule has 1 heterocycles. The van der Waals surface area contributed by atoms with Crippen LogP contribution in [0.5, 0.6) is 0 Å². The van der Waals surface area contributed by atoms with Crippen LogP contribution in [0, 0.1) is 0 Å². The lowest BCUT2D eigenvalue weighted by Crippen LogP contribution is -2.46. The van der Waals surface area contributed by atoms with Crippen LogP contribution < -0.4 is 11.1 Å². The van der Waals surface area contributed by atoms with E-state index in [1.165, 1.54) is 12.0 Å². The maximum atomic E-state index is 11.4. The second-order valence-electron chi connectivity index (χ2n) is 3.77. The lowest BCUT2D eigenvalue weighted by atomic mass is 10.2. The van der Waals surface area contributed by atoms with Crippen molar-refractivity contribution in [1.29, 1.82) is 0 Å². The van der Waals surface area contributed by atoms with Gasteiger partial charge in [-0.05, 0) is 0 Å². The standard InChI is InChI=1S/C9H15N3O5/c1-17-8(15)6-2-5(13)3-12(6)4-7(14)11-9(10)16/h5-6,13H,2-4H2,1H3,(H3,10,11,14,16). The zero-order chi connectivity index (χ0) is 13.0. The van der Waals surface area contributed by atoms with Crippen LogP contribution in [0.4, 0.5) is 4.79 Å². The molecule has 0 aliphatic carbocycles. The summed E-state index contributed by atoms with van der Waals surface area (Å²) in [6, 6.07) is -1.63. The summed E-state index contributed by atoms with van der Waals surface area (Å²) in [5.41, 5.74) is 4.79. The summed E-state index contributed by atoms with van der Waals surface area (Å²) in [5, 5.41) is 11.3. The number of primary amides is 1. The minimum absolute atomic E-state index is 0.173. The van der Waals surface area contributed by atoms with Gasteiger partial charge >= 0.3 is 12.0 Å². The Hall–Kier alpha value is -1.67. The number of nitrogens with zero attached hydrogens (tertiary/aromatic N) is 1. The largest absolute Gasteiger partial charge is 0.468 e. The molecule has 1 saturated heterocycles. The van der Waals surface area contributed by atoms with Crippen molar-refractivity contribution in [3.8, 4) is 0 Å². The van der Waals surface area contributed by atoms with E-state index in [1.54, 1.807) is 0 Å². The zero-order valence-electron chi connectivity index (χ0n) is 9.38. The van der Waals surface area contributed by atoms with E-state index < -0.39 is 30.1 Å². The first kappa shape index (κ1) is 13.4. The van der Waals surface area contributed by atoms with E-state index >= 15 is 0 Å². The van der Waals surface area contributed by atoms with E-state index in [2.05, 4.69) is 4.74 Å². The number of hydrogen-bond acceptors (Lipinski definition) is 6. The Balaban J connectivity index is 2.58.